The molecule has 0 radical (unpaired) electrons. The normalized spacial score (nSPS) is 32.0. The standard InChI is InChI=1S/C13H22N2O3/c1-7(2)5-10(14)12(16)15-8-3-4-11(15)9(6-8)13(17)18/h7-11H,3-6,14H2,1-2H3,(H,17,18)/t8?,9?,10-,11?/m0/s1. The van der Waals surface area contributed by atoms with Crippen LogP contribution < -0.4 is 5.73 Å². The van der Waals surface area contributed by atoms with Crippen LogP contribution in [0.2, 0.25) is 0 Å². The van der Waals surface area contributed by atoms with Crippen molar-refractivity contribution in [1.82, 2.24) is 4.90 Å². The van der Waals surface area contributed by atoms with Crippen molar-refractivity contribution in [3.63, 3.8) is 0 Å². The van der Waals surface area contributed by atoms with E-state index in [2.05, 4.69) is 0 Å². The fraction of sp³-hybridized carbons (Fsp3) is 0.846. The topological polar surface area (TPSA) is 83.6 Å². The predicted molar refractivity (Wildman–Crippen MR) is 66.8 cm³/mol. The van der Waals surface area contributed by atoms with Crippen LogP contribution in [0.3, 0.4) is 0 Å². The maximum absolute atomic E-state index is 12.3. The number of carbonyl (C=O) groups excluding carboxylic acids is 1. The maximum atomic E-state index is 12.3. The first-order valence-electron chi connectivity index (χ1n) is 6.72. The molecule has 5 nitrogen and oxygen atoms in total. The molecule has 0 spiro atoms. The average Bonchev–Trinajstić information content (AvgIpc) is 2.83. The van der Waals surface area contributed by atoms with Gasteiger partial charge in [-0.15, -0.1) is 0 Å². The molecule has 5 heteroatoms. The summed E-state index contributed by atoms with van der Waals surface area (Å²) >= 11 is 0. The van der Waals surface area contributed by atoms with Gasteiger partial charge in [-0.3, -0.25) is 9.59 Å². The van der Waals surface area contributed by atoms with E-state index >= 15 is 0 Å². The van der Waals surface area contributed by atoms with E-state index in [4.69, 9.17) is 10.8 Å². The Morgan fingerprint density at radius 3 is 2.56 bits per heavy atom. The van der Waals surface area contributed by atoms with Gasteiger partial charge in [0.15, 0.2) is 0 Å². The molecule has 18 heavy (non-hydrogen) atoms. The van der Waals surface area contributed by atoms with Gasteiger partial charge in [-0.05, 0) is 31.6 Å². The number of nitrogens with two attached hydrogens (primary N) is 1. The smallest absolute Gasteiger partial charge is 0.308 e. The van der Waals surface area contributed by atoms with Gasteiger partial charge in [-0.1, -0.05) is 13.8 Å². The van der Waals surface area contributed by atoms with Crippen molar-refractivity contribution < 1.29 is 14.7 Å². The monoisotopic (exact) mass is 254 g/mol. The summed E-state index contributed by atoms with van der Waals surface area (Å²) in [7, 11) is 0. The summed E-state index contributed by atoms with van der Waals surface area (Å²) in [6.45, 7) is 4.07. The van der Waals surface area contributed by atoms with Crippen molar-refractivity contribution in [2.75, 3.05) is 0 Å². The lowest BCUT2D eigenvalue weighted by atomic mass is 9.89. The van der Waals surface area contributed by atoms with E-state index in [9.17, 15) is 9.59 Å². The molecule has 0 aromatic heterocycles. The quantitative estimate of drug-likeness (QED) is 0.778. The largest absolute Gasteiger partial charge is 0.481 e. The van der Waals surface area contributed by atoms with Crippen molar-refractivity contribution in [3.05, 3.63) is 0 Å². The molecule has 2 aliphatic rings. The van der Waals surface area contributed by atoms with Gasteiger partial charge in [0, 0.05) is 12.1 Å². The Morgan fingerprint density at radius 2 is 2.06 bits per heavy atom. The fourth-order valence-corrected chi connectivity index (χ4v) is 3.40. The third-order valence-electron chi connectivity index (χ3n) is 4.15. The molecule has 2 rings (SSSR count). The van der Waals surface area contributed by atoms with Crippen molar-refractivity contribution in [3.8, 4) is 0 Å². The summed E-state index contributed by atoms with van der Waals surface area (Å²) in [6.07, 6.45) is 2.99. The lowest BCUT2D eigenvalue weighted by Gasteiger charge is -2.26. The molecule has 3 N–H and O–H groups in total. The van der Waals surface area contributed by atoms with Gasteiger partial charge in [0.25, 0.3) is 0 Å². The number of carboxylic acids is 1. The summed E-state index contributed by atoms with van der Waals surface area (Å²) in [4.78, 5) is 25.2. The molecule has 4 atom stereocenters. The first-order chi connectivity index (χ1) is 8.41. The van der Waals surface area contributed by atoms with Gasteiger partial charge in [-0.25, -0.2) is 0 Å². The summed E-state index contributed by atoms with van der Waals surface area (Å²) in [5, 5.41) is 9.15. The molecule has 0 saturated carbocycles. The first-order valence-corrected chi connectivity index (χ1v) is 6.72. The van der Waals surface area contributed by atoms with Gasteiger partial charge in [0.05, 0.1) is 12.0 Å². The Labute approximate surface area is 107 Å². The zero-order valence-electron chi connectivity index (χ0n) is 11.0. The highest BCUT2D eigenvalue weighted by atomic mass is 16.4. The zero-order chi connectivity index (χ0) is 13.4. The number of carboxylic acid groups (broad SMARTS) is 1. The van der Waals surface area contributed by atoms with Gasteiger partial charge >= 0.3 is 5.97 Å². The highest BCUT2D eigenvalue weighted by molar-refractivity contribution is 5.84. The van der Waals surface area contributed by atoms with E-state index in [1.165, 1.54) is 0 Å². The highest BCUT2D eigenvalue weighted by Gasteiger charge is 2.51. The van der Waals surface area contributed by atoms with Crippen LogP contribution >= 0.6 is 0 Å². The van der Waals surface area contributed by atoms with E-state index in [0.717, 1.165) is 12.8 Å². The molecule has 2 heterocycles. The van der Waals surface area contributed by atoms with Crippen LogP contribution in [0.15, 0.2) is 0 Å². The van der Waals surface area contributed by atoms with E-state index in [-0.39, 0.29) is 23.9 Å². The Kier molecular flexibility index (Phi) is 3.61. The second-order valence-electron chi connectivity index (χ2n) is 5.96. The minimum Gasteiger partial charge on any atom is -0.481 e. The first kappa shape index (κ1) is 13.3. The minimum atomic E-state index is -0.780. The maximum Gasteiger partial charge on any atom is 0.308 e. The van der Waals surface area contributed by atoms with E-state index in [0.29, 0.717) is 18.8 Å². The lowest BCUT2D eigenvalue weighted by Crippen LogP contribution is -2.47. The summed E-state index contributed by atoms with van der Waals surface area (Å²) < 4.78 is 0. The van der Waals surface area contributed by atoms with Crippen molar-refractivity contribution in [2.24, 2.45) is 17.6 Å². The highest BCUT2D eigenvalue weighted by Crippen LogP contribution is 2.42. The zero-order valence-corrected chi connectivity index (χ0v) is 11.0. The van der Waals surface area contributed by atoms with Gasteiger partial charge < -0.3 is 15.7 Å². The van der Waals surface area contributed by atoms with Crippen LogP contribution in [-0.4, -0.2) is 40.0 Å². The second kappa shape index (κ2) is 4.88. The molecule has 2 bridgehead atoms. The Bertz CT molecular complexity index is 356. The summed E-state index contributed by atoms with van der Waals surface area (Å²) in [6, 6.07) is -0.513. The van der Waals surface area contributed by atoms with Crippen molar-refractivity contribution >= 4 is 11.9 Å². The number of nitrogens with zero attached hydrogens (tertiary/aromatic N) is 1. The molecule has 102 valence electrons. The average molecular weight is 254 g/mol. The van der Waals surface area contributed by atoms with Crippen LogP contribution in [-0.2, 0) is 9.59 Å². The molecular formula is C13H22N2O3. The number of fused-ring (bicyclic) bond motifs is 2. The Morgan fingerprint density at radius 1 is 1.39 bits per heavy atom. The second-order valence-corrected chi connectivity index (χ2v) is 5.96. The summed E-state index contributed by atoms with van der Waals surface area (Å²) in [5.41, 5.74) is 5.93. The third kappa shape index (κ3) is 2.23. The Balaban J connectivity index is 2.06. The third-order valence-corrected chi connectivity index (χ3v) is 4.15. The van der Waals surface area contributed by atoms with E-state index in [1.807, 2.05) is 13.8 Å². The van der Waals surface area contributed by atoms with Gasteiger partial charge in [0.1, 0.15) is 0 Å². The van der Waals surface area contributed by atoms with Crippen molar-refractivity contribution in [2.45, 2.75) is 57.7 Å². The van der Waals surface area contributed by atoms with Crippen LogP contribution in [0.1, 0.15) is 39.5 Å². The number of hydrogen-bond acceptors (Lipinski definition) is 3. The number of aliphatic carboxylic acids is 1. The SMILES string of the molecule is CC(C)C[C@H](N)C(=O)N1C2CCC1C(C(=O)O)C2. The number of amides is 1. The van der Waals surface area contributed by atoms with E-state index < -0.39 is 12.0 Å². The molecular weight excluding hydrogens is 232 g/mol. The minimum absolute atomic E-state index is 0.0556. The summed E-state index contributed by atoms with van der Waals surface area (Å²) in [5.74, 6) is -0.851. The molecule has 0 aromatic carbocycles. The van der Waals surface area contributed by atoms with Crippen LogP contribution in [0, 0.1) is 11.8 Å². The molecule has 2 aliphatic heterocycles. The van der Waals surface area contributed by atoms with Gasteiger partial charge in [0.2, 0.25) is 5.91 Å². The molecule has 3 unspecified atom stereocenters. The number of carbonyl (C=O) groups is 2. The number of hydrogen-bond donors (Lipinski definition) is 2. The molecule has 1 amide bonds. The van der Waals surface area contributed by atoms with Crippen LogP contribution in [0.5, 0.6) is 0 Å². The van der Waals surface area contributed by atoms with Crippen LogP contribution in [0.4, 0.5) is 0 Å². The van der Waals surface area contributed by atoms with Gasteiger partial charge in [-0.2, -0.15) is 0 Å². The fourth-order valence-electron chi connectivity index (χ4n) is 3.40. The molecule has 2 fully saturated rings. The molecule has 2 saturated heterocycles. The molecule has 0 aromatic rings. The predicted octanol–water partition coefficient (Wildman–Crippen LogP) is 0.824. The number of rotatable bonds is 4. The van der Waals surface area contributed by atoms with Crippen molar-refractivity contribution in [1.29, 1.82) is 0 Å². The van der Waals surface area contributed by atoms with E-state index in [1.54, 1.807) is 4.90 Å². The molecule has 0 aliphatic carbocycles. The lowest BCUT2D eigenvalue weighted by molar-refractivity contribution is -0.143. The van der Waals surface area contributed by atoms with Crippen LogP contribution in [0.25, 0.3) is 0 Å². The Hall–Kier alpha value is -1.10.